The molecule has 1 saturated heterocycles. The quantitative estimate of drug-likeness (QED) is 0.429. The summed E-state index contributed by atoms with van der Waals surface area (Å²) >= 11 is 0. The van der Waals surface area contributed by atoms with Gasteiger partial charge < -0.3 is 24.4 Å². The van der Waals surface area contributed by atoms with Crippen LogP contribution in [-0.4, -0.2) is 64.3 Å². The molecule has 5 rings (SSSR count). The smallest absolute Gasteiger partial charge is 0.427 e. The third kappa shape index (κ3) is 3.78. The molecule has 0 spiro atoms. The molecule has 2 heterocycles. The molecule has 0 bridgehead atoms. The van der Waals surface area contributed by atoms with Crippen LogP contribution in [0.4, 0.5) is 4.79 Å². The monoisotopic (exact) mass is 473 g/mol. The maximum Gasteiger partial charge on any atom is 0.427 e. The van der Waals surface area contributed by atoms with Gasteiger partial charge in [-0.15, -0.1) is 0 Å². The van der Waals surface area contributed by atoms with E-state index < -0.39 is 36.1 Å². The summed E-state index contributed by atoms with van der Waals surface area (Å²) in [6.45, 7) is 2.07. The summed E-state index contributed by atoms with van der Waals surface area (Å²) in [5.41, 5.74) is 3.53. The average Bonchev–Trinajstić information content (AvgIpc) is 3.38. The number of nitrogens with zero attached hydrogens (tertiary/aromatic N) is 2. The summed E-state index contributed by atoms with van der Waals surface area (Å²) in [4.78, 5) is 39.6. The number of aliphatic hydroxyl groups excluding tert-OH is 2. The van der Waals surface area contributed by atoms with Gasteiger partial charge in [0.25, 0.3) is 0 Å². The highest BCUT2D eigenvalue weighted by molar-refractivity contribution is 6.06. The van der Waals surface area contributed by atoms with Gasteiger partial charge in [-0.3, -0.25) is 14.5 Å². The number of ether oxygens (including phenoxy) is 3. The SMILES string of the molecule is CCOC(=O)N/N=C1\C[C@@H](O)[C@@H](O)[C@@H]2[C@@H]3C(=O)N(Cc4ccc5c(c4)OCO5)C(=O)[C@@H]3CC[C@H]12. The van der Waals surface area contributed by atoms with E-state index in [0.29, 0.717) is 30.1 Å². The molecular weight excluding hydrogens is 446 g/mol. The van der Waals surface area contributed by atoms with Gasteiger partial charge in [0.2, 0.25) is 18.6 Å². The lowest BCUT2D eigenvalue weighted by molar-refractivity contribution is -0.142. The van der Waals surface area contributed by atoms with Crippen LogP contribution in [0.15, 0.2) is 23.3 Å². The fraction of sp³-hybridized carbons (Fsp3) is 0.565. The van der Waals surface area contributed by atoms with Gasteiger partial charge in [-0.1, -0.05) is 6.07 Å². The Hall–Kier alpha value is -3.18. The second-order valence-electron chi connectivity index (χ2n) is 9.04. The van der Waals surface area contributed by atoms with E-state index in [1.807, 2.05) is 0 Å². The van der Waals surface area contributed by atoms with Crippen LogP contribution in [0.5, 0.6) is 11.5 Å². The van der Waals surface area contributed by atoms with Gasteiger partial charge >= 0.3 is 6.09 Å². The number of rotatable bonds is 4. The molecule has 2 aliphatic carbocycles. The van der Waals surface area contributed by atoms with Gasteiger partial charge in [0, 0.05) is 24.0 Å². The molecule has 3 amide bonds. The highest BCUT2D eigenvalue weighted by atomic mass is 16.7. The fourth-order valence-corrected chi connectivity index (χ4v) is 5.72. The number of hydrazone groups is 1. The Morgan fingerprint density at radius 2 is 1.94 bits per heavy atom. The van der Waals surface area contributed by atoms with Crippen molar-refractivity contribution in [2.75, 3.05) is 13.4 Å². The maximum atomic E-state index is 13.5. The molecule has 3 fully saturated rings. The number of benzene rings is 1. The molecule has 6 atom stereocenters. The van der Waals surface area contributed by atoms with Crippen molar-refractivity contribution >= 4 is 23.6 Å². The zero-order chi connectivity index (χ0) is 24.0. The standard InChI is InChI=1S/C23H27N3O8/c1-2-32-23(31)25-24-14-8-15(27)20(28)18-12(14)4-5-13-19(18)22(30)26(21(13)29)9-11-3-6-16-17(7-11)34-10-33-16/h3,6-7,12-13,15,18-20,27-28H,2,4-5,8-10H2,1H3,(H,25,31)/b24-14+/t12-,13-,15-,18+,19-,20-/m1/s1. The first-order valence-electron chi connectivity index (χ1n) is 11.5. The summed E-state index contributed by atoms with van der Waals surface area (Å²) in [5.74, 6) is -1.82. The van der Waals surface area contributed by atoms with Crippen molar-refractivity contribution in [1.29, 1.82) is 0 Å². The number of aliphatic hydroxyl groups is 2. The van der Waals surface area contributed by atoms with Gasteiger partial charge in [0.05, 0.1) is 37.2 Å². The highest BCUT2D eigenvalue weighted by Gasteiger charge is 2.59. The molecule has 1 aromatic rings. The third-order valence-corrected chi connectivity index (χ3v) is 7.21. The number of nitrogens with one attached hydrogen (secondary N) is 1. The van der Waals surface area contributed by atoms with Gasteiger partial charge in [-0.05, 0) is 37.5 Å². The molecule has 0 aromatic heterocycles. The van der Waals surface area contributed by atoms with Crippen LogP contribution in [0.2, 0.25) is 0 Å². The number of imide groups is 1. The van der Waals surface area contributed by atoms with Crippen molar-refractivity contribution < 1.29 is 38.8 Å². The lowest BCUT2D eigenvalue weighted by Gasteiger charge is -2.45. The Morgan fingerprint density at radius 3 is 2.74 bits per heavy atom. The summed E-state index contributed by atoms with van der Waals surface area (Å²) in [5, 5.41) is 25.5. The van der Waals surface area contributed by atoms with Gasteiger partial charge in [0.1, 0.15) is 0 Å². The number of hydrogen-bond donors (Lipinski definition) is 3. The molecule has 11 nitrogen and oxygen atoms in total. The maximum absolute atomic E-state index is 13.5. The van der Waals surface area contributed by atoms with E-state index in [0.717, 1.165) is 5.56 Å². The zero-order valence-electron chi connectivity index (χ0n) is 18.7. The summed E-state index contributed by atoms with van der Waals surface area (Å²) < 4.78 is 15.5. The predicted octanol–water partition coefficient (Wildman–Crippen LogP) is 0.770. The minimum atomic E-state index is -1.18. The van der Waals surface area contributed by atoms with E-state index in [1.165, 1.54) is 4.90 Å². The number of fused-ring (bicyclic) bond motifs is 4. The van der Waals surface area contributed by atoms with Crippen molar-refractivity contribution in [1.82, 2.24) is 10.3 Å². The van der Waals surface area contributed by atoms with Crippen molar-refractivity contribution in [3.8, 4) is 11.5 Å². The van der Waals surface area contributed by atoms with Crippen molar-refractivity contribution in [2.45, 2.75) is 44.9 Å². The van der Waals surface area contributed by atoms with E-state index in [1.54, 1.807) is 25.1 Å². The van der Waals surface area contributed by atoms with Crippen LogP contribution < -0.4 is 14.9 Å². The fourth-order valence-electron chi connectivity index (χ4n) is 5.72. The van der Waals surface area contributed by atoms with Crippen LogP contribution >= 0.6 is 0 Å². The molecule has 4 aliphatic rings. The number of likely N-dealkylation sites (tertiary alicyclic amines) is 1. The topological polar surface area (TPSA) is 147 Å². The van der Waals surface area contributed by atoms with Crippen molar-refractivity contribution in [3.05, 3.63) is 23.8 Å². The second-order valence-corrected chi connectivity index (χ2v) is 9.04. The Kier molecular flexibility index (Phi) is 5.90. The van der Waals surface area contributed by atoms with Crippen LogP contribution in [-0.2, 0) is 20.9 Å². The van der Waals surface area contributed by atoms with Crippen molar-refractivity contribution in [3.63, 3.8) is 0 Å². The normalized spacial score (nSPS) is 33.0. The van der Waals surface area contributed by atoms with Gasteiger partial charge in [-0.25, -0.2) is 10.2 Å². The minimum absolute atomic E-state index is 0.0647. The molecule has 182 valence electrons. The Labute approximate surface area is 195 Å². The second kappa shape index (κ2) is 8.88. The lowest BCUT2D eigenvalue weighted by Crippen LogP contribution is -2.55. The summed E-state index contributed by atoms with van der Waals surface area (Å²) in [6, 6.07) is 5.27. The highest BCUT2D eigenvalue weighted by Crippen LogP contribution is 2.50. The molecule has 34 heavy (non-hydrogen) atoms. The number of hydrogen-bond acceptors (Lipinski definition) is 9. The Morgan fingerprint density at radius 1 is 1.18 bits per heavy atom. The molecule has 3 N–H and O–H groups in total. The van der Waals surface area contributed by atoms with Crippen molar-refractivity contribution in [2.24, 2.45) is 28.8 Å². The first kappa shape index (κ1) is 22.6. The Bertz CT molecular complexity index is 1040. The van der Waals surface area contributed by atoms with Crippen LogP contribution in [0.25, 0.3) is 0 Å². The molecule has 2 aliphatic heterocycles. The molecule has 0 radical (unpaired) electrons. The van der Waals surface area contributed by atoms with Gasteiger partial charge in [-0.2, -0.15) is 5.10 Å². The summed E-state index contributed by atoms with van der Waals surface area (Å²) in [6.07, 6.45) is -2.03. The molecule has 2 saturated carbocycles. The van der Waals surface area contributed by atoms with E-state index in [-0.39, 0.29) is 44.1 Å². The van der Waals surface area contributed by atoms with Gasteiger partial charge in [0.15, 0.2) is 11.5 Å². The van der Waals surface area contributed by atoms with Crippen LogP contribution in [0, 0.1) is 23.7 Å². The van der Waals surface area contributed by atoms with E-state index >= 15 is 0 Å². The predicted molar refractivity (Wildman–Crippen MR) is 116 cm³/mol. The number of carbonyl (C=O) groups is 3. The lowest BCUT2D eigenvalue weighted by atomic mass is 9.60. The number of carbonyl (C=O) groups excluding carboxylic acids is 3. The molecule has 0 unspecified atom stereocenters. The first-order valence-corrected chi connectivity index (χ1v) is 11.5. The minimum Gasteiger partial charge on any atom is -0.454 e. The molecular formula is C23H27N3O8. The average molecular weight is 473 g/mol. The zero-order valence-corrected chi connectivity index (χ0v) is 18.7. The van der Waals surface area contributed by atoms with Crippen LogP contribution in [0.1, 0.15) is 31.7 Å². The molecule has 1 aromatic carbocycles. The largest absolute Gasteiger partial charge is 0.454 e. The molecule has 11 heteroatoms. The number of amides is 3. The Balaban J connectivity index is 1.38. The van der Waals surface area contributed by atoms with E-state index in [4.69, 9.17) is 14.2 Å². The first-order chi connectivity index (χ1) is 16.4. The summed E-state index contributed by atoms with van der Waals surface area (Å²) in [7, 11) is 0. The van der Waals surface area contributed by atoms with E-state index in [9.17, 15) is 24.6 Å². The van der Waals surface area contributed by atoms with Crippen LogP contribution in [0.3, 0.4) is 0 Å². The van der Waals surface area contributed by atoms with E-state index in [2.05, 4.69) is 10.5 Å². The third-order valence-electron chi connectivity index (χ3n) is 7.21.